The summed E-state index contributed by atoms with van der Waals surface area (Å²) in [6, 6.07) is 8.01. The smallest absolute Gasteiger partial charge is 0.223 e. The Hall–Kier alpha value is -1.42. The van der Waals surface area contributed by atoms with Crippen LogP contribution >= 0.6 is 15.9 Å². The molecule has 3 nitrogen and oxygen atoms in total. The first-order valence-electron chi connectivity index (χ1n) is 6.13. The largest absolute Gasteiger partial charge is 0.439 e. The zero-order valence-electron chi connectivity index (χ0n) is 11.6. The highest BCUT2D eigenvalue weighted by atomic mass is 79.9. The van der Waals surface area contributed by atoms with Gasteiger partial charge in [-0.2, -0.15) is 0 Å². The number of aryl methyl sites for hydroxylation is 1. The van der Waals surface area contributed by atoms with Gasteiger partial charge in [0, 0.05) is 11.6 Å². The van der Waals surface area contributed by atoms with Crippen molar-refractivity contribution in [3.63, 3.8) is 0 Å². The van der Waals surface area contributed by atoms with Crippen LogP contribution in [0, 0.1) is 6.92 Å². The summed E-state index contributed by atoms with van der Waals surface area (Å²) in [5.74, 6) is 1.39. The molecule has 0 aliphatic carbocycles. The molecule has 0 fully saturated rings. The second-order valence-corrected chi connectivity index (χ2v) is 6.34. The normalized spacial score (nSPS) is 11.4. The predicted octanol–water partition coefficient (Wildman–Crippen LogP) is 4.64. The van der Waals surface area contributed by atoms with E-state index in [2.05, 4.69) is 65.7 Å². The number of rotatable bonds is 2. The Morgan fingerprint density at radius 2 is 1.84 bits per heavy atom. The number of benzene rings is 1. The summed E-state index contributed by atoms with van der Waals surface area (Å²) in [6.07, 6.45) is 1.48. The fourth-order valence-electron chi connectivity index (χ4n) is 1.82. The van der Waals surface area contributed by atoms with Crippen molar-refractivity contribution in [2.45, 2.75) is 33.1 Å². The van der Waals surface area contributed by atoms with Gasteiger partial charge in [0.15, 0.2) is 0 Å². The molecular formula is C15H17BrN2O. The summed E-state index contributed by atoms with van der Waals surface area (Å²) in [5.41, 5.74) is 2.34. The average Bonchev–Trinajstić information content (AvgIpc) is 2.27. The van der Waals surface area contributed by atoms with E-state index >= 15 is 0 Å². The van der Waals surface area contributed by atoms with Gasteiger partial charge in [-0.1, -0.05) is 32.9 Å². The number of aromatic nitrogens is 2. The fourth-order valence-corrected chi connectivity index (χ4v) is 2.11. The van der Waals surface area contributed by atoms with E-state index in [4.69, 9.17) is 4.74 Å². The molecular weight excluding hydrogens is 304 g/mol. The molecule has 0 radical (unpaired) electrons. The lowest BCUT2D eigenvalue weighted by molar-refractivity contribution is 0.438. The Balaban J connectivity index is 2.41. The van der Waals surface area contributed by atoms with Crippen molar-refractivity contribution in [3.8, 4) is 11.6 Å². The molecule has 0 atom stereocenters. The molecule has 0 N–H and O–H groups in total. The van der Waals surface area contributed by atoms with Gasteiger partial charge in [0.2, 0.25) is 5.88 Å². The van der Waals surface area contributed by atoms with Crippen LogP contribution < -0.4 is 4.74 Å². The van der Waals surface area contributed by atoms with Gasteiger partial charge < -0.3 is 4.74 Å². The monoisotopic (exact) mass is 320 g/mol. The molecule has 0 unspecified atom stereocenters. The van der Waals surface area contributed by atoms with Crippen LogP contribution in [0.4, 0.5) is 0 Å². The van der Waals surface area contributed by atoms with Gasteiger partial charge >= 0.3 is 0 Å². The minimum Gasteiger partial charge on any atom is -0.439 e. The zero-order valence-corrected chi connectivity index (χ0v) is 13.2. The third-order valence-electron chi connectivity index (χ3n) is 2.77. The van der Waals surface area contributed by atoms with Gasteiger partial charge in [-0.15, -0.1) is 0 Å². The predicted molar refractivity (Wildman–Crippen MR) is 79.7 cm³/mol. The first-order chi connectivity index (χ1) is 8.86. The summed E-state index contributed by atoms with van der Waals surface area (Å²) in [6.45, 7) is 8.55. The lowest BCUT2D eigenvalue weighted by Gasteiger charge is -2.22. The van der Waals surface area contributed by atoms with E-state index in [0.29, 0.717) is 10.5 Å². The molecule has 4 heteroatoms. The molecule has 0 saturated carbocycles. The molecule has 0 spiro atoms. The number of hydrogen-bond acceptors (Lipinski definition) is 3. The second kappa shape index (κ2) is 5.29. The highest BCUT2D eigenvalue weighted by Crippen LogP contribution is 2.34. The minimum atomic E-state index is 0.0211. The van der Waals surface area contributed by atoms with Crippen LogP contribution in [0.1, 0.15) is 31.9 Å². The quantitative estimate of drug-likeness (QED) is 0.756. The Kier molecular flexibility index (Phi) is 3.90. The molecule has 1 aromatic carbocycles. The first kappa shape index (κ1) is 14.0. The van der Waals surface area contributed by atoms with Crippen molar-refractivity contribution in [1.29, 1.82) is 0 Å². The minimum absolute atomic E-state index is 0.0211. The van der Waals surface area contributed by atoms with Crippen molar-refractivity contribution in [3.05, 3.63) is 46.3 Å². The zero-order chi connectivity index (χ0) is 14.0. The van der Waals surface area contributed by atoms with Crippen molar-refractivity contribution < 1.29 is 4.74 Å². The number of halogens is 1. The third kappa shape index (κ3) is 3.53. The number of ether oxygens (including phenoxy) is 1. The molecule has 1 heterocycles. The van der Waals surface area contributed by atoms with E-state index in [1.807, 2.05) is 6.07 Å². The Morgan fingerprint density at radius 3 is 2.47 bits per heavy atom. The number of nitrogens with zero attached hydrogens (tertiary/aromatic N) is 2. The van der Waals surface area contributed by atoms with E-state index in [1.54, 1.807) is 6.07 Å². The van der Waals surface area contributed by atoms with Gasteiger partial charge in [-0.3, -0.25) is 0 Å². The Morgan fingerprint density at radius 1 is 1.11 bits per heavy atom. The molecule has 1 aromatic heterocycles. The summed E-state index contributed by atoms with van der Waals surface area (Å²) < 4.78 is 6.63. The third-order valence-corrected chi connectivity index (χ3v) is 3.20. The second-order valence-electron chi connectivity index (χ2n) is 5.53. The van der Waals surface area contributed by atoms with E-state index in [9.17, 15) is 0 Å². The molecule has 0 aliphatic heterocycles. The highest BCUT2D eigenvalue weighted by Gasteiger charge is 2.19. The first-order valence-corrected chi connectivity index (χ1v) is 6.92. The van der Waals surface area contributed by atoms with Crippen LogP contribution in [0.5, 0.6) is 11.6 Å². The van der Waals surface area contributed by atoms with Gasteiger partial charge in [0.25, 0.3) is 0 Å². The van der Waals surface area contributed by atoms with E-state index in [-0.39, 0.29) is 5.41 Å². The molecule has 0 aliphatic rings. The van der Waals surface area contributed by atoms with Crippen LogP contribution in [0.3, 0.4) is 0 Å². The van der Waals surface area contributed by atoms with E-state index in [1.165, 1.54) is 6.33 Å². The van der Waals surface area contributed by atoms with Crippen LogP contribution in [-0.2, 0) is 5.41 Å². The Labute approximate surface area is 122 Å². The molecule has 19 heavy (non-hydrogen) atoms. The topological polar surface area (TPSA) is 35.0 Å². The van der Waals surface area contributed by atoms with E-state index in [0.717, 1.165) is 16.9 Å². The molecule has 2 rings (SSSR count). The van der Waals surface area contributed by atoms with Crippen molar-refractivity contribution >= 4 is 15.9 Å². The number of hydrogen-bond donors (Lipinski definition) is 0. The average molecular weight is 321 g/mol. The maximum Gasteiger partial charge on any atom is 0.223 e. The molecule has 2 aromatic rings. The lowest BCUT2D eigenvalue weighted by atomic mass is 9.86. The SMILES string of the molecule is Cc1ccc(C(C)(C)C)c(Oc2cc(Br)ncn2)c1. The van der Waals surface area contributed by atoms with Gasteiger partial charge in [0.05, 0.1) is 0 Å². The van der Waals surface area contributed by atoms with Crippen LogP contribution in [0.25, 0.3) is 0 Å². The summed E-state index contributed by atoms with van der Waals surface area (Å²) in [7, 11) is 0. The Bertz CT molecular complexity index is 591. The van der Waals surface area contributed by atoms with Crippen LogP contribution in [-0.4, -0.2) is 9.97 Å². The highest BCUT2D eigenvalue weighted by molar-refractivity contribution is 9.10. The molecule has 0 amide bonds. The molecule has 0 saturated heterocycles. The van der Waals surface area contributed by atoms with Crippen molar-refractivity contribution in [1.82, 2.24) is 9.97 Å². The maximum absolute atomic E-state index is 5.92. The van der Waals surface area contributed by atoms with Crippen LogP contribution in [0.2, 0.25) is 0 Å². The summed E-state index contributed by atoms with van der Waals surface area (Å²) in [4.78, 5) is 8.12. The fraction of sp³-hybridized carbons (Fsp3) is 0.333. The van der Waals surface area contributed by atoms with Crippen molar-refractivity contribution in [2.75, 3.05) is 0 Å². The van der Waals surface area contributed by atoms with Gasteiger partial charge in [-0.05, 0) is 39.9 Å². The van der Waals surface area contributed by atoms with Gasteiger partial charge in [-0.25, -0.2) is 9.97 Å². The standard InChI is InChI=1S/C15H17BrN2O/c1-10-5-6-11(15(2,3)4)12(7-10)19-14-8-13(16)17-9-18-14/h5-9H,1-4H3. The molecule has 100 valence electrons. The van der Waals surface area contributed by atoms with Crippen molar-refractivity contribution in [2.24, 2.45) is 0 Å². The summed E-state index contributed by atoms with van der Waals surface area (Å²) >= 11 is 3.32. The van der Waals surface area contributed by atoms with Gasteiger partial charge in [0.1, 0.15) is 16.7 Å². The maximum atomic E-state index is 5.92. The lowest BCUT2D eigenvalue weighted by Crippen LogP contribution is -2.12. The molecule has 0 bridgehead atoms. The summed E-state index contributed by atoms with van der Waals surface area (Å²) in [5, 5.41) is 0. The van der Waals surface area contributed by atoms with Crippen LogP contribution in [0.15, 0.2) is 35.2 Å². The van der Waals surface area contributed by atoms with E-state index < -0.39 is 0 Å².